The monoisotopic (exact) mass is 345 g/mol. The molecule has 6 nitrogen and oxygen atoms in total. The Labute approximate surface area is 145 Å². The van der Waals surface area contributed by atoms with E-state index in [0.29, 0.717) is 23.2 Å². The van der Waals surface area contributed by atoms with Crippen molar-refractivity contribution in [2.24, 2.45) is 0 Å². The van der Waals surface area contributed by atoms with Gasteiger partial charge >= 0.3 is 0 Å². The lowest BCUT2D eigenvalue weighted by atomic mass is 10.2. The van der Waals surface area contributed by atoms with E-state index in [1.165, 1.54) is 0 Å². The molecule has 0 aliphatic heterocycles. The lowest BCUT2D eigenvalue weighted by Gasteiger charge is -2.07. The molecule has 0 saturated heterocycles. The molecule has 0 radical (unpaired) electrons. The zero-order valence-electron chi connectivity index (χ0n) is 13.1. The number of aromatic nitrogens is 2. The molecule has 3 aromatic rings. The van der Waals surface area contributed by atoms with Crippen LogP contribution in [0.2, 0.25) is 0 Å². The quantitative estimate of drug-likeness (QED) is 0.546. The third kappa shape index (κ3) is 5.09. The second-order valence-corrected chi connectivity index (χ2v) is 5.32. The number of H-pyrrole nitrogens is 1. The van der Waals surface area contributed by atoms with Gasteiger partial charge in [0.1, 0.15) is 17.0 Å². The molecule has 0 aliphatic carbocycles. The summed E-state index contributed by atoms with van der Waals surface area (Å²) in [7, 11) is 0. The molecule has 3 N–H and O–H groups in total. The average molecular weight is 345 g/mol. The Bertz CT molecular complexity index is 822. The number of fused-ring (bicyclic) bond motifs is 1. The highest BCUT2D eigenvalue weighted by molar-refractivity contribution is 7.78. The summed E-state index contributed by atoms with van der Waals surface area (Å²) in [6.45, 7) is 2.24. The van der Waals surface area contributed by atoms with Crippen LogP contribution >= 0.6 is 12.8 Å². The molecular weight excluding hydrogens is 326 g/mol. The second-order valence-electron chi connectivity index (χ2n) is 5.00. The van der Waals surface area contributed by atoms with E-state index in [-0.39, 0.29) is 11.7 Å². The topological polar surface area (TPSA) is 87.2 Å². The normalized spacial score (nSPS) is 11.5. The van der Waals surface area contributed by atoms with Crippen molar-refractivity contribution in [1.29, 1.82) is 0 Å². The fourth-order valence-corrected chi connectivity index (χ4v) is 2.17. The molecule has 0 amide bonds. The van der Waals surface area contributed by atoms with Crippen LogP contribution in [0.3, 0.4) is 0 Å². The largest absolute Gasteiger partial charge is 0.457 e. The molecular formula is C17H19N3O3S. The van der Waals surface area contributed by atoms with Crippen LogP contribution in [0.4, 0.5) is 0 Å². The number of rotatable bonds is 4. The van der Waals surface area contributed by atoms with E-state index in [1.807, 2.05) is 30.3 Å². The van der Waals surface area contributed by atoms with E-state index in [0.717, 1.165) is 5.75 Å². The van der Waals surface area contributed by atoms with Gasteiger partial charge in [-0.05, 0) is 31.2 Å². The summed E-state index contributed by atoms with van der Waals surface area (Å²) in [6, 6.07) is 13.0. The molecule has 2 aromatic heterocycles. The Morgan fingerprint density at radius 1 is 1.29 bits per heavy atom. The van der Waals surface area contributed by atoms with Gasteiger partial charge < -0.3 is 14.8 Å². The molecule has 7 heteroatoms. The lowest BCUT2D eigenvalue weighted by Crippen LogP contribution is -2.15. The number of aliphatic hydroxyl groups is 1. The Kier molecular flexibility index (Phi) is 6.80. The number of thiol groups is 1. The number of benzene rings is 1. The van der Waals surface area contributed by atoms with Gasteiger partial charge in [-0.15, -0.1) is 0 Å². The molecule has 0 saturated carbocycles. The van der Waals surface area contributed by atoms with Gasteiger partial charge in [-0.2, -0.15) is 0 Å². The first kappa shape index (κ1) is 18.0. The minimum Gasteiger partial charge on any atom is -0.457 e. The first-order chi connectivity index (χ1) is 11.6. The number of para-hydroxylation sites is 1. The van der Waals surface area contributed by atoms with Crippen LogP contribution in [0.15, 0.2) is 59.7 Å². The maximum absolute atomic E-state index is 11.6. The molecule has 1 aromatic carbocycles. The van der Waals surface area contributed by atoms with Crippen molar-refractivity contribution in [1.82, 2.24) is 14.7 Å². The Morgan fingerprint density at radius 3 is 2.67 bits per heavy atom. The summed E-state index contributed by atoms with van der Waals surface area (Å²) in [5.41, 5.74) is 0.164. The van der Waals surface area contributed by atoms with Gasteiger partial charge in [0.05, 0.1) is 11.5 Å². The predicted molar refractivity (Wildman–Crippen MR) is 97.5 cm³/mol. The van der Waals surface area contributed by atoms with E-state index < -0.39 is 0 Å². The highest BCUT2D eigenvalue weighted by Gasteiger charge is 2.06. The molecule has 0 aliphatic rings. The minimum absolute atomic E-state index is 0.217. The maximum Gasteiger partial charge on any atom is 0.274 e. The standard InChI is InChI=1S/C14H10N2O2.C3H9NOS/c17-14-13-11(6-8-16-14)12(7-9-15-13)18-10-4-2-1-3-5-10;1-3(5)2-4-6/h1-9H,(H,16,17);3-6H,2H2,1H3. The van der Waals surface area contributed by atoms with Crippen molar-refractivity contribution in [3.8, 4) is 11.5 Å². The van der Waals surface area contributed by atoms with Gasteiger partial charge in [0.25, 0.3) is 5.56 Å². The van der Waals surface area contributed by atoms with E-state index in [1.54, 1.807) is 31.5 Å². The number of hydrogen-bond acceptors (Lipinski definition) is 6. The molecule has 0 fully saturated rings. The third-order valence-electron chi connectivity index (χ3n) is 2.99. The fraction of sp³-hybridized carbons (Fsp3) is 0.176. The number of pyridine rings is 2. The van der Waals surface area contributed by atoms with Crippen molar-refractivity contribution in [3.63, 3.8) is 0 Å². The van der Waals surface area contributed by atoms with Gasteiger partial charge in [0.15, 0.2) is 0 Å². The molecule has 1 unspecified atom stereocenters. The van der Waals surface area contributed by atoms with Crippen LogP contribution in [0, 0.1) is 0 Å². The number of ether oxygens (including phenoxy) is 1. The van der Waals surface area contributed by atoms with Crippen molar-refractivity contribution >= 4 is 23.7 Å². The molecule has 0 bridgehead atoms. The molecule has 126 valence electrons. The summed E-state index contributed by atoms with van der Waals surface area (Å²) in [5, 5.41) is 9.14. The van der Waals surface area contributed by atoms with E-state index in [4.69, 9.17) is 9.84 Å². The Morgan fingerprint density at radius 2 is 2.04 bits per heavy atom. The molecule has 3 rings (SSSR count). The maximum atomic E-state index is 11.6. The second kappa shape index (κ2) is 9.07. The Balaban J connectivity index is 0.000000301. The van der Waals surface area contributed by atoms with Crippen LogP contribution in [0.25, 0.3) is 10.9 Å². The number of aliphatic hydroxyl groups excluding tert-OH is 1. The van der Waals surface area contributed by atoms with Gasteiger partial charge in [-0.3, -0.25) is 14.5 Å². The van der Waals surface area contributed by atoms with Crippen LogP contribution in [-0.2, 0) is 0 Å². The van der Waals surface area contributed by atoms with Gasteiger partial charge in [-0.1, -0.05) is 31.0 Å². The lowest BCUT2D eigenvalue weighted by molar-refractivity contribution is 0.200. The zero-order valence-corrected chi connectivity index (χ0v) is 14.0. The number of aromatic amines is 1. The van der Waals surface area contributed by atoms with Gasteiger partial charge in [0, 0.05) is 18.9 Å². The van der Waals surface area contributed by atoms with Crippen LogP contribution < -0.4 is 15.0 Å². The van der Waals surface area contributed by atoms with Crippen molar-refractivity contribution in [2.45, 2.75) is 13.0 Å². The summed E-state index contributed by atoms with van der Waals surface area (Å²) >= 11 is 3.65. The smallest absolute Gasteiger partial charge is 0.274 e. The minimum atomic E-state index is -0.289. The molecule has 2 heterocycles. The summed E-state index contributed by atoms with van der Waals surface area (Å²) in [5.74, 6) is 1.35. The van der Waals surface area contributed by atoms with Crippen LogP contribution in [0.1, 0.15) is 6.92 Å². The van der Waals surface area contributed by atoms with Crippen molar-refractivity contribution < 1.29 is 9.84 Å². The van der Waals surface area contributed by atoms with Gasteiger partial charge in [-0.25, -0.2) is 0 Å². The van der Waals surface area contributed by atoms with Crippen LogP contribution in [0.5, 0.6) is 11.5 Å². The number of hydrogen-bond donors (Lipinski definition) is 4. The number of nitrogens with one attached hydrogen (secondary N) is 2. The number of nitrogens with zero attached hydrogens (tertiary/aromatic N) is 1. The van der Waals surface area contributed by atoms with Gasteiger partial charge in [0.2, 0.25) is 0 Å². The summed E-state index contributed by atoms with van der Waals surface area (Å²) < 4.78 is 8.27. The van der Waals surface area contributed by atoms with E-state index >= 15 is 0 Å². The molecule has 24 heavy (non-hydrogen) atoms. The third-order valence-corrected chi connectivity index (χ3v) is 3.17. The van der Waals surface area contributed by atoms with E-state index in [9.17, 15) is 4.79 Å². The van der Waals surface area contributed by atoms with Crippen molar-refractivity contribution in [3.05, 3.63) is 65.2 Å². The van der Waals surface area contributed by atoms with Crippen LogP contribution in [-0.4, -0.2) is 27.7 Å². The highest BCUT2D eigenvalue weighted by Crippen LogP contribution is 2.26. The Hall–Kier alpha value is -2.35. The zero-order chi connectivity index (χ0) is 17.4. The molecule has 0 spiro atoms. The first-order valence-corrected chi connectivity index (χ1v) is 7.81. The predicted octanol–water partition coefficient (Wildman–Crippen LogP) is 2.52. The summed E-state index contributed by atoms with van der Waals surface area (Å²) in [6.07, 6.45) is 2.86. The van der Waals surface area contributed by atoms with E-state index in [2.05, 4.69) is 27.5 Å². The molecule has 1 atom stereocenters. The first-order valence-electron chi connectivity index (χ1n) is 7.36. The van der Waals surface area contributed by atoms with Crippen molar-refractivity contribution in [2.75, 3.05) is 6.54 Å². The highest BCUT2D eigenvalue weighted by atomic mass is 32.1. The SMILES string of the molecule is CC(O)CNS.O=c1[nH]ccc2c(Oc3ccccc3)ccnc12. The average Bonchev–Trinajstić information content (AvgIpc) is 2.57. The summed E-state index contributed by atoms with van der Waals surface area (Å²) in [4.78, 5) is 18.3. The fourth-order valence-electron chi connectivity index (χ4n) is 1.90.